The largest absolute Gasteiger partial charge is 0.507 e. The summed E-state index contributed by atoms with van der Waals surface area (Å²) in [4.78, 5) is 9.38. The minimum Gasteiger partial charge on any atom is -0.507 e. The fraction of sp³-hybridized carbons (Fsp3) is 0.0952. The summed E-state index contributed by atoms with van der Waals surface area (Å²) in [7, 11) is 0. The van der Waals surface area contributed by atoms with Crippen molar-refractivity contribution in [1.29, 1.82) is 0 Å². The Morgan fingerprint density at radius 3 is 2.41 bits per heavy atom. The van der Waals surface area contributed by atoms with Crippen molar-refractivity contribution in [1.82, 2.24) is 24.1 Å². The lowest BCUT2D eigenvalue weighted by Gasteiger charge is -2.07. The first-order chi connectivity index (χ1) is 13.1. The number of aromatic hydroxyl groups is 1. The number of aryl methyl sites for hydroxylation is 1. The number of fused-ring (bicyclic) bond motifs is 3. The van der Waals surface area contributed by atoms with Crippen molar-refractivity contribution >= 4 is 16.7 Å². The van der Waals surface area contributed by atoms with Gasteiger partial charge in [-0.15, -0.1) is 5.10 Å². The highest BCUT2D eigenvalue weighted by Gasteiger charge is 2.19. The Morgan fingerprint density at radius 1 is 0.889 bits per heavy atom. The summed E-state index contributed by atoms with van der Waals surface area (Å²) in [6.07, 6.45) is 1.67. The Labute approximate surface area is 155 Å². The van der Waals surface area contributed by atoms with Crippen LogP contribution >= 0.6 is 0 Å². The first-order valence-corrected chi connectivity index (χ1v) is 8.72. The molecular formula is C21H17N5O. The average Bonchev–Trinajstić information content (AvgIpc) is 3.22. The Hall–Kier alpha value is -3.67. The molecule has 3 heterocycles. The van der Waals surface area contributed by atoms with E-state index in [0.717, 1.165) is 33.6 Å². The molecule has 0 spiro atoms. The van der Waals surface area contributed by atoms with E-state index in [1.807, 2.05) is 30.3 Å². The van der Waals surface area contributed by atoms with Gasteiger partial charge in [-0.25, -0.2) is 14.5 Å². The number of hydrogen-bond donors (Lipinski definition) is 1. The van der Waals surface area contributed by atoms with E-state index in [-0.39, 0.29) is 5.75 Å². The molecule has 0 saturated carbocycles. The highest BCUT2D eigenvalue weighted by atomic mass is 16.3. The first kappa shape index (κ1) is 15.6. The third kappa shape index (κ3) is 2.23. The van der Waals surface area contributed by atoms with E-state index < -0.39 is 0 Å². The first-order valence-electron chi connectivity index (χ1n) is 8.72. The van der Waals surface area contributed by atoms with Crippen LogP contribution in [0.5, 0.6) is 5.75 Å². The molecular weight excluding hydrogens is 338 g/mol. The van der Waals surface area contributed by atoms with E-state index in [4.69, 9.17) is 4.98 Å². The summed E-state index contributed by atoms with van der Waals surface area (Å²) in [5.74, 6) is 0.638. The van der Waals surface area contributed by atoms with Crippen molar-refractivity contribution in [3.63, 3.8) is 0 Å². The van der Waals surface area contributed by atoms with Gasteiger partial charge in [0.25, 0.3) is 0 Å². The molecule has 132 valence electrons. The Bertz CT molecular complexity index is 1300. The van der Waals surface area contributed by atoms with Gasteiger partial charge in [0.2, 0.25) is 0 Å². The molecule has 3 aromatic heterocycles. The molecule has 0 aliphatic rings. The van der Waals surface area contributed by atoms with Gasteiger partial charge in [0.15, 0.2) is 17.1 Å². The van der Waals surface area contributed by atoms with Crippen LogP contribution in [-0.4, -0.2) is 29.3 Å². The summed E-state index contributed by atoms with van der Waals surface area (Å²) >= 11 is 0. The van der Waals surface area contributed by atoms with Gasteiger partial charge in [0.05, 0.1) is 10.9 Å². The van der Waals surface area contributed by atoms with Crippen LogP contribution in [0.3, 0.4) is 0 Å². The van der Waals surface area contributed by atoms with Crippen molar-refractivity contribution in [2.75, 3.05) is 0 Å². The maximum atomic E-state index is 10.1. The topological polar surface area (TPSA) is 68.2 Å². The standard InChI is InChI=1S/C21H17N5O/c1-13-14(2)26(15-8-4-3-5-9-15)20-18(13)21-23-19(24-25(21)12-22-20)16-10-6-7-11-17(16)27/h3-12,27H,1-2H3. The molecule has 27 heavy (non-hydrogen) atoms. The minimum absolute atomic E-state index is 0.160. The number of phenols is 1. The molecule has 5 rings (SSSR count). The van der Waals surface area contributed by atoms with Crippen LogP contribution in [0.1, 0.15) is 11.3 Å². The monoisotopic (exact) mass is 355 g/mol. The number of rotatable bonds is 2. The maximum Gasteiger partial charge on any atom is 0.185 e. The molecule has 0 unspecified atom stereocenters. The summed E-state index contributed by atoms with van der Waals surface area (Å²) < 4.78 is 3.81. The van der Waals surface area contributed by atoms with Crippen molar-refractivity contribution in [3.05, 3.63) is 72.2 Å². The van der Waals surface area contributed by atoms with Gasteiger partial charge in [0.1, 0.15) is 12.1 Å². The molecule has 0 amide bonds. The second-order valence-electron chi connectivity index (χ2n) is 6.55. The number of phenolic OH excluding ortho intramolecular Hbond substituents is 1. The molecule has 0 aliphatic carbocycles. The Kier molecular flexibility index (Phi) is 3.27. The van der Waals surface area contributed by atoms with Crippen LogP contribution in [0, 0.1) is 13.8 Å². The van der Waals surface area contributed by atoms with Crippen molar-refractivity contribution in [2.24, 2.45) is 0 Å². The van der Waals surface area contributed by atoms with Crippen LogP contribution in [0.2, 0.25) is 0 Å². The van der Waals surface area contributed by atoms with Crippen LogP contribution in [-0.2, 0) is 0 Å². The summed E-state index contributed by atoms with van der Waals surface area (Å²) in [5.41, 5.74) is 5.47. The summed E-state index contributed by atoms with van der Waals surface area (Å²) in [5, 5.41) is 15.6. The van der Waals surface area contributed by atoms with Gasteiger partial charge in [-0.05, 0) is 43.7 Å². The van der Waals surface area contributed by atoms with Gasteiger partial charge >= 0.3 is 0 Å². The number of benzene rings is 2. The molecule has 1 N–H and O–H groups in total. The average molecular weight is 355 g/mol. The van der Waals surface area contributed by atoms with Crippen molar-refractivity contribution < 1.29 is 5.11 Å². The molecule has 0 atom stereocenters. The normalized spacial score (nSPS) is 11.5. The van der Waals surface area contributed by atoms with Gasteiger partial charge in [-0.1, -0.05) is 30.3 Å². The zero-order chi connectivity index (χ0) is 18.5. The van der Waals surface area contributed by atoms with E-state index in [1.54, 1.807) is 23.0 Å². The van der Waals surface area contributed by atoms with Crippen LogP contribution in [0.4, 0.5) is 0 Å². The molecule has 0 bridgehead atoms. The van der Waals surface area contributed by atoms with Crippen LogP contribution in [0.15, 0.2) is 60.9 Å². The number of nitrogens with zero attached hydrogens (tertiary/aromatic N) is 5. The molecule has 0 radical (unpaired) electrons. The highest BCUT2D eigenvalue weighted by Crippen LogP contribution is 2.32. The number of hydrogen-bond acceptors (Lipinski definition) is 4. The van der Waals surface area contributed by atoms with E-state index in [2.05, 4.69) is 40.6 Å². The lowest BCUT2D eigenvalue weighted by Crippen LogP contribution is -1.98. The van der Waals surface area contributed by atoms with Crippen molar-refractivity contribution in [2.45, 2.75) is 13.8 Å². The van der Waals surface area contributed by atoms with Gasteiger partial charge in [-0.2, -0.15) is 0 Å². The predicted molar refractivity (Wildman–Crippen MR) is 104 cm³/mol. The molecule has 6 heteroatoms. The molecule has 0 saturated heterocycles. The fourth-order valence-electron chi connectivity index (χ4n) is 3.53. The maximum absolute atomic E-state index is 10.1. The predicted octanol–water partition coefficient (Wildman–Crippen LogP) is 4.06. The SMILES string of the molecule is Cc1c(C)n(-c2ccccc2)c2ncn3nc(-c4ccccc4O)nc3c12. The van der Waals surface area contributed by atoms with E-state index >= 15 is 0 Å². The van der Waals surface area contributed by atoms with E-state index in [9.17, 15) is 5.11 Å². The summed E-state index contributed by atoms with van der Waals surface area (Å²) in [6, 6.07) is 17.2. The quantitative estimate of drug-likeness (QED) is 0.518. The van der Waals surface area contributed by atoms with E-state index in [0.29, 0.717) is 11.4 Å². The third-order valence-electron chi connectivity index (χ3n) is 4.99. The number of para-hydroxylation sites is 2. The van der Waals surface area contributed by atoms with Gasteiger partial charge in [0, 0.05) is 11.4 Å². The Morgan fingerprint density at radius 2 is 1.63 bits per heavy atom. The lowest BCUT2D eigenvalue weighted by atomic mass is 10.2. The molecule has 0 aliphatic heterocycles. The zero-order valence-electron chi connectivity index (χ0n) is 15.0. The smallest absolute Gasteiger partial charge is 0.185 e. The second-order valence-corrected chi connectivity index (χ2v) is 6.55. The molecule has 6 nitrogen and oxygen atoms in total. The molecule has 0 fully saturated rings. The molecule has 2 aromatic carbocycles. The zero-order valence-corrected chi connectivity index (χ0v) is 15.0. The van der Waals surface area contributed by atoms with E-state index in [1.165, 1.54) is 0 Å². The second kappa shape index (κ2) is 5.67. The third-order valence-corrected chi connectivity index (χ3v) is 4.99. The van der Waals surface area contributed by atoms with Gasteiger partial charge in [-0.3, -0.25) is 4.57 Å². The van der Waals surface area contributed by atoms with Crippen LogP contribution < -0.4 is 0 Å². The lowest BCUT2D eigenvalue weighted by molar-refractivity contribution is 0.477. The van der Waals surface area contributed by atoms with Crippen LogP contribution in [0.25, 0.3) is 33.8 Å². The van der Waals surface area contributed by atoms with Crippen molar-refractivity contribution in [3.8, 4) is 22.8 Å². The van der Waals surface area contributed by atoms with Gasteiger partial charge < -0.3 is 5.11 Å². The highest BCUT2D eigenvalue weighted by molar-refractivity contribution is 5.95. The molecule has 5 aromatic rings. The fourth-order valence-corrected chi connectivity index (χ4v) is 3.53. The summed E-state index contributed by atoms with van der Waals surface area (Å²) in [6.45, 7) is 4.16. The number of aromatic nitrogens is 5. The minimum atomic E-state index is 0.160. The Balaban J connectivity index is 1.83.